The molecule has 6 nitrogen and oxygen atoms in total. The largest absolute Gasteiger partial charge is 0.462 e. The molecule has 1 aromatic rings. The highest BCUT2D eigenvalue weighted by molar-refractivity contribution is 5.95. The summed E-state index contributed by atoms with van der Waals surface area (Å²) < 4.78 is 10.3. The Bertz CT molecular complexity index is 548. The van der Waals surface area contributed by atoms with Crippen molar-refractivity contribution in [3.8, 4) is 0 Å². The van der Waals surface area contributed by atoms with E-state index in [-0.39, 0.29) is 12.0 Å². The number of benzene rings is 1. The zero-order valence-corrected chi connectivity index (χ0v) is 13.2. The first-order valence-corrected chi connectivity index (χ1v) is 6.98. The van der Waals surface area contributed by atoms with Crippen LogP contribution >= 0.6 is 0 Å². The molecule has 120 valence electrons. The first-order chi connectivity index (χ1) is 10.3. The van der Waals surface area contributed by atoms with Crippen molar-refractivity contribution in [3.05, 3.63) is 42.0 Å². The molecule has 0 bridgehead atoms. The first-order valence-electron chi connectivity index (χ1n) is 6.98. The molecule has 0 amide bonds. The summed E-state index contributed by atoms with van der Waals surface area (Å²) in [7, 11) is 0. The molecule has 2 unspecified atom stereocenters. The first kappa shape index (κ1) is 17.9. The van der Waals surface area contributed by atoms with Gasteiger partial charge >= 0.3 is 5.97 Å². The van der Waals surface area contributed by atoms with E-state index in [0.29, 0.717) is 11.6 Å². The molecule has 0 aliphatic carbocycles. The number of carbonyl (C=O) groups excluding carboxylic acids is 1. The molecular weight excluding hydrogens is 282 g/mol. The van der Waals surface area contributed by atoms with Crippen molar-refractivity contribution in [3.63, 3.8) is 0 Å². The zero-order valence-electron chi connectivity index (χ0n) is 13.2. The Kier molecular flexibility index (Phi) is 6.75. The summed E-state index contributed by atoms with van der Waals surface area (Å²) in [6.07, 6.45) is -1.15. The molecule has 0 radical (unpaired) electrons. The summed E-state index contributed by atoms with van der Waals surface area (Å²) in [5, 5.41) is 0. The van der Waals surface area contributed by atoms with Crippen LogP contribution in [0, 0.1) is 6.92 Å². The standard InChI is InChI=1S/C16H23N3O3/c1-10-5-7-14(8-6-10)19-15(21-12(3)17)9-11(2)16(20)22-13(4)18/h5-8,12-13H,2,9,17-18H2,1,3-4H3. The lowest BCUT2D eigenvalue weighted by atomic mass is 10.2. The highest BCUT2D eigenvalue weighted by atomic mass is 16.6. The van der Waals surface area contributed by atoms with Crippen LogP contribution in [0.3, 0.4) is 0 Å². The SMILES string of the molecule is C=C(CC(=Nc1ccc(C)cc1)OC(C)N)C(=O)OC(C)N. The van der Waals surface area contributed by atoms with E-state index in [2.05, 4.69) is 11.6 Å². The number of aryl methyl sites for hydroxylation is 1. The fourth-order valence-electron chi connectivity index (χ4n) is 1.59. The molecule has 1 rings (SSSR count). The van der Waals surface area contributed by atoms with E-state index >= 15 is 0 Å². The van der Waals surface area contributed by atoms with Crippen LogP contribution in [0.5, 0.6) is 0 Å². The predicted molar refractivity (Wildman–Crippen MR) is 86.5 cm³/mol. The third kappa shape index (κ3) is 6.51. The maximum atomic E-state index is 11.7. The third-order valence-electron chi connectivity index (χ3n) is 2.56. The number of nitrogens with two attached hydrogens (primary N) is 2. The van der Waals surface area contributed by atoms with Crippen LogP contribution in [0.4, 0.5) is 5.69 Å². The number of aliphatic imine (C=N–C) groups is 1. The smallest absolute Gasteiger partial charge is 0.335 e. The minimum atomic E-state index is -0.698. The van der Waals surface area contributed by atoms with Gasteiger partial charge in [0.05, 0.1) is 12.1 Å². The number of hydrogen-bond donors (Lipinski definition) is 2. The molecule has 4 N–H and O–H groups in total. The minimum absolute atomic E-state index is 0.0982. The van der Waals surface area contributed by atoms with Crippen molar-refractivity contribution in [2.24, 2.45) is 16.5 Å². The monoisotopic (exact) mass is 305 g/mol. The van der Waals surface area contributed by atoms with E-state index in [1.54, 1.807) is 13.8 Å². The number of nitrogens with zero attached hydrogens (tertiary/aromatic N) is 1. The van der Waals surface area contributed by atoms with Crippen LogP contribution in [0.1, 0.15) is 25.8 Å². The van der Waals surface area contributed by atoms with Gasteiger partial charge in [-0.25, -0.2) is 9.79 Å². The Morgan fingerprint density at radius 2 is 1.73 bits per heavy atom. The van der Waals surface area contributed by atoms with Gasteiger partial charge in [0, 0.05) is 5.57 Å². The maximum Gasteiger partial charge on any atom is 0.335 e. The second kappa shape index (κ2) is 8.31. The molecule has 0 heterocycles. The van der Waals surface area contributed by atoms with Gasteiger partial charge in [-0.1, -0.05) is 24.3 Å². The number of rotatable bonds is 6. The second-order valence-corrected chi connectivity index (χ2v) is 5.05. The van der Waals surface area contributed by atoms with Gasteiger partial charge in [-0.15, -0.1) is 0 Å². The highest BCUT2D eigenvalue weighted by Gasteiger charge is 2.15. The molecular formula is C16H23N3O3. The van der Waals surface area contributed by atoms with Crippen molar-refractivity contribution < 1.29 is 14.3 Å². The Morgan fingerprint density at radius 3 is 2.23 bits per heavy atom. The third-order valence-corrected chi connectivity index (χ3v) is 2.56. The molecule has 22 heavy (non-hydrogen) atoms. The van der Waals surface area contributed by atoms with Crippen LogP contribution in [-0.4, -0.2) is 24.3 Å². The molecule has 0 aliphatic heterocycles. The summed E-state index contributed by atoms with van der Waals surface area (Å²) in [5.74, 6) is -0.287. The van der Waals surface area contributed by atoms with Gasteiger partial charge in [0.25, 0.3) is 0 Å². The molecule has 6 heteroatoms. The van der Waals surface area contributed by atoms with Crippen molar-refractivity contribution in [2.45, 2.75) is 39.6 Å². The molecule has 0 aromatic heterocycles. The molecule has 0 fully saturated rings. The highest BCUT2D eigenvalue weighted by Crippen LogP contribution is 2.16. The van der Waals surface area contributed by atoms with Gasteiger partial charge in [0.15, 0.2) is 5.90 Å². The number of ether oxygens (including phenoxy) is 2. The van der Waals surface area contributed by atoms with E-state index < -0.39 is 18.4 Å². The average Bonchev–Trinajstić information content (AvgIpc) is 2.39. The van der Waals surface area contributed by atoms with E-state index in [1.807, 2.05) is 31.2 Å². The van der Waals surface area contributed by atoms with Crippen molar-refractivity contribution in [1.82, 2.24) is 0 Å². The molecule has 0 saturated heterocycles. The Morgan fingerprint density at radius 1 is 1.18 bits per heavy atom. The maximum absolute atomic E-state index is 11.7. The summed E-state index contributed by atoms with van der Waals surface area (Å²) in [6, 6.07) is 7.56. The summed E-state index contributed by atoms with van der Waals surface area (Å²) in [5.41, 5.74) is 13.1. The fraction of sp³-hybridized carbons (Fsp3) is 0.375. The van der Waals surface area contributed by atoms with Crippen LogP contribution in [0.15, 0.2) is 41.4 Å². The lowest BCUT2D eigenvalue weighted by Crippen LogP contribution is -2.27. The average molecular weight is 305 g/mol. The number of esters is 1. The van der Waals surface area contributed by atoms with Gasteiger partial charge in [-0.2, -0.15) is 0 Å². The van der Waals surface area contributed by atoms with Crippen molar-refractivity contribution >= 4 is 17.6 Å². The Hall–Kier alpha value is -2.18. The quantitative estimate of drug-likeness (QED) is 0.276. The van der Waals surface area contributed by atoms with E-state index in [1.165, 1.54) is 0 Å². The van der Waals surface area contributed by atoms with Gasteiger partial charge < -0.3 is 9.47 Å². The van der Waals surface area contributed by atoms with Gasteiger partial charge in [-0.05, 0) is 32.9 Å². The molecule has 0 saturated carbocycles. The van der Waals surface area contributed by atoms with Crippen LogP contribution in [0.25, 0.3) is 0 Å². The lowest BCUT2D eigenvalue weighted by molar-refractivity contribution is -0.143. The van der Waals surface area contributed by atoms with Crippen molar-refractivity contribution in [1.29, 1.82) is 0 Å². The molecule has 1 aromatic carbocycles. The Balaban J connectivity index is 2.86. The van der Waals surface area contributed by atoms with Crippen LogP contribution in [0.2, 0.25) is 0 Å². The molecule has 0 spiro atoms. The van der Waals surface area contributed by atoms with E-state index in [4.69, 9.17) is 20.9 Å². The van der Waals surface area contributed by atoms with E-state index in [0.717, 1.165) is 5.56 Å². The van der Waals surface area contributed by atoms with Crippen LogP contribution < -0.4 is 11.5 Å². The summed E-state index contributed by atoms with van der Waals surface area (Å²) in [4.78, 5) is 16.1. The van der Waals surface area contributed by atoms with E-state index in [9.17, 15) is 4.79 Å². The normalized spacial score (nSPS) is 14.1. The van der Waals surface area contributed by atoms with Gasteiger partial charge in [-0.3, -0.25) is 11.5 Å². The van der Waals surface area contributed by atoms with Crippen molar-refractivity contribution in [2.75, 3.05) is 0 Å². The summed E-state index contributed by atoms with van der Waals surface area (Å²) in [6.45, 7) is 8.90. The van der Waals surface area contributed by atoms with Gasteiger partial charge in [0.1, 0.15) is 12.5 Å². The van der Waals surface area contributed by atoms with Crippen LogP contribution in [-0.2, 0) is 14.3 Å². The second-order valence-electron chi connectivity index (χ2n) is 5.05. The number of hydrogen-bond acceptors (Lipinski definition) is 6. The molecule has 2 atom stereocenters. The fourth-order valence-corrected chi connectivity index (χ4v) is 1.59. The minimum Gasteiger partial charge on any atom is -0.462 e. The number of carbonyl (C=O) groups is 1. The Labute approximate surface area is 130 Å². The topological polar surface area (TPSA) is 99.9 Å². The zero-order chi connectivity index (χ0) is 16.7. The summed E-state index contributed by atoms with van der Waals surface area (Å²) >= 11 is 0. The lowest BCUT2D eigenvalue weighted by Gasteiger charge is -2.14. The molecule has 0 aliphatic rings. The predicted octanol–water partition coefficient (Wildman–Crippen LogP) is 2.14. The van der Waals surface area contributed by atoms with Gasteiger partial charge in [0.2, 0.25) is 0 Å².